The van der Waals surface area contributed by atoms with Gasteiger partial charge in [0.1, 0.15) is 16.6 Å². The molecule has 0 aromatic heterocycles. The highest BCUT2D eigenvalue weighted by molar-refractivity contribution is 6.60. The molecule has 9 N–H and O–H groups in total. The zero-order valence-electron chi connectivity index (χ0n) is 71.7. The van der Waals surface area contributed by atoms with Gasteiger partial charge < -0.3 is 64.4 Å². The number of hydrogen-bond donors (Lipinski definition) is 9. The summed E-state index contributed by atoms with van der Waals surface area (Å²) in [6.45, 7) is 7.42. The Bertz CT molecular complexity index is 1810. The lowest BCUT2D eigenvalue weighted by Gasteiger charge is -2.41. The van der Waals surface area contributed by atoms with Gasteiger partial charge in [-0.05, 0) is 38.5 Å². The standard InChI is InChI=1S/C90H182N4O12Si/c1-7-11-15-19-23-27-31-35-39-43-47-51-55-59-63-67-72-94(6,73-68-64-60-56-52-48-44-40-36-32-28-24-20-16-12-8-2)74-69-75-107(104-82-88(76-95,77-96)91-85(5)101,105-83-89(78-97,79-98)92-86(102)70-65-61-57-53-49-45-41-37-33-29-25-21-17-13-9-3)106-84-90(80-99,81-100)93-87(103)71-66-62-58-54-50-46-42-38-34-30-26-22-18-14-10-4/h95-100H,7-84H2,1-6H3,(H2-,91,92,93,101,102,103)/p+1. The quantitative estimate of drug-likeness (QED) is 0.0157. The van der Waals surface area contributed by atoms with Gasteiger partial charge in [0, 0.05) is 32.2 Å². The molecule has 16 nitrogen and oxygen atoms in total. The number of carbonyl (C=O) groups excluding carboxylic acids is 3. The van der Waals surface area contributed by atoms with Gasteiger partial charge in [-0.3, -0.25) is 14.4 Å². The number of nitrogens with zero attached hydrogens (tertiary/aromatic N) is 1. The summed E-state index contributed by atoms with van der Waals surface area (Å²) >= 11 is 0. The number of unbranched alkanes of at least 4 members (excludes halogenated alkanes) is 58. The van der Waals surface area contributed by atoms with E-state index in [-0.39, 0.29) is 30.7 Å². The zero-order chi connectivity index (χ0) is 78.6. The van der Waals surface area contributed by atoms with Gasteiger partial charge in [-0.25, -0.2) is 0 Å². The van der Waals surface area contributed by atoms with Crippen molar-refractivity contribution in [3.63, 3.8) is 0 Å². The van der Waals surface area contributed by atoms with Crippen LogP contribution in [0, 0.1) is 0 Å². The van der Waals surface area contributed by atoms with Gasteiger partial charge in [0.2, 0.25) is 17.7 Å². The first-order valence-corrected chi connectivity index (χ1v) is 48.4. The Balaban J connectivity index is 6.77. The molecule has 0 aromatic rings. The van der Waals surface area contributed by atoms with E-state index in [2.05, 4.69) is 50.7 Å². The maximum atomic E-state index is 13.9. The van der Waals surface area contributed by atoms with Crippen LogP contribution < -0.4 is 16.0 Å². The van der Waals surface area contributed by atoms with Crippen LogP contribution in [0.1, 0.15) is 452 Å². The molecule has 638 valence electrons. The minimum atomic E-state index is -4.39. The van der Waals surface area contributed by atoms with E-state index in [1.807, 2.05) is 0 Å². The van der Waals surface area contributed by atoms with Crippen molar-refractivity contribution in [1.82, 2.24) is 16.0 Å². The van der Waals surface area contributed by atoms with Crippen molar-refractivity contribution in [2.45, 2.75) is 475 Å². The smallest absolute Gasteiger partial charge is 0.394 e. The third-order valence-corrected chi connectivity index (χ3v) is 25.8. The van der Waals surface area contributed by atoms with E-state index in [9.17, 15) is 45.0 Å². The largest absolute Gasteiger partial charge is 0.501 e. The molecule has 0 atom stereocenters. The Labute approximate surface area is 662 Å². The van der Waals surface area contributed by atoms with Gasteiger partial charge >= 0.3 is 8.80 Å². The van der Waals surface area contributed by atoms with Crippen LogP contribution in [0.5, 0.6) is 0 Å². The minimum Gasteiger partial charge on any atom is -0.394 e. The number of aliphatic hydroxyl groups excluding tert-OH is 6. The van der Waals surface area contributed by atoms with Gasteiger partial charge in [0.05, 0.1) is 86.1 Å². The van der Waals surface area contributed by atoms with Gasteiger partial charge in [-0.15, -0.1) is 0 Å². The number of aliphatic hydroxyl groups is 6. The van der Waals surface area contributed by atoms with Crippen molar-refractivity contribution >= 4 is 26.5 Å². The van der Waals surface area contributed by atoms with E-state index < -0.39 is 90.8 Å². The van der Waals surface area contributed by atoms with Crippen LogP contribution in [0.3, 0.4) is 0 Å². The second kappa shape index (κ2) is 75.6. The summed E-state index contributed by atoms with van der Waals surface area (Å²) in [5, 5.41) is 75.2. The molecular formula is C90H183N4O12Si+. The van der Waals surface area contributed by atoms with Crippen LogP contribution in [0.2, 0.25) is 6.04 Å². The molecule has 0 fully saturated rings. The van der Waals surface area contributed by atoms with Gasteiger partial charge in [0.15, 0.2) is 0 Å². The Morgan fingerprint density at radius 1 is 0.271 bits per heavy atom. The third kappa shape index (κ3) is 62.3. The molecule has 0 saturated carbocycles. The van der Waals surface area contributed by atoms with Crippen molar-refractivity contribution in [2.75, 3.05) is 86.1 Å². The van der Waals surface area contributed by atoms with E-state index in [4.69, 9.17) is 13.3 Å². The van der Waals surface area contributed by atoms with Gasteiger partial charge in [-0.2, -0.15) is 0 Å². The van der Waals surface area contributed by atoms with Crippen LogP contribution in [-0.2, 0) is 27.7 Å². The topological polar surface area (TPSA) is 236 Å². The minimum absolute atomic E-state index is 0.131. The second-order valence-corrected chi connectivity index (χ2v) is 36.7. The number of carbonyl (C=O) groups is 3. The SMILES string of the molecule is CCCCCCCCCCCCCCCCCC[N+](C)(CCCCCCCCCCCCCCCCCC)CCC[Si](OCC(CO)(CO)NC(C)=O)(OCC(CO)(CO)NC(=O)CCCCCCCCCCCCCCCCC)OCC(CO)(CO)NC(=O)CCCCCCCCCCCCCCCCC. The first kappa shape index (κ1) is 105. The number of hydrogen-bond acceptors (Lipinski definition) is 12. The molecule has 0 heterocycles. The van der Waals surface area contributed by atoms with Gasteiger partial charge in [-0.1, -0.05) is 387 Å². The molecule has 0 saturated heterocycles. The summed E-state index contributed by atoms with van der Waals surface area (Å²) in [4.78, 5) is 40.6. The van der Waals surface area contributed by atoms with Crippen LogP contribution in [0.25, 0.3) is 0 Å². The molecule has 0 aliphatic heterocycles. The van der Waals surface area contributed by atoms with E-state index in [1.165, 1.54) is 328 Å². The molecule has 17 heteroatoms. The van der Waals surface area contributed by atoms with Crippen LogP contribution in [0.15, 0.2) is 0 Å². The van der Waals surface area contributed by atoms with E-state index in [1.54, 1.807) is 0 Å². The fourth-order valence-electron chi connectivity index (χ4n) is 15.4. The van der Waals surface area contributed by atoms with Crippen molar-refractivity contribution in [3.05, 3.63) is 0 Å². The molecule has 0 aliphatic carbocycles. The average molecular weight is 1540 g/mol. The predicted molar refractivity (Wildman–Crippen MR) is 453 cm³/mol. The Morgan fingerprint density at radius 2 is 0.449 bits per heavy atom. The zero-order valence-corrected chi connectivity index (χ0v) is 72.7. The molecule has 0 aromatic carbocycles. The second-order valence-electron chi connectivity index (χ2n) is 34.0. The molecule has 3 amide bonds. The molecule has 0 radical (unpaired) electrons. The summed E-state index contributed by atoms with van der Waals surface area (Å²) in [7, 11) is -2.04. The molecule has 107 heavy (non-hydrogen) atoms. The average Bonchev–Trinajstić information content (AvgIpc) is 0.810. The Hall–Kier alpha value is -1.77. The Morgan fingerprint density at radius 3 is 0.645 bits per heavy atom. The fraction of sp³-hybridized carbons (Fsp3) is 0.967. The summed E-state index contributed by atoms with van der Waals surface area (Å²) in [6, 6.07) is 0.131. The predicted octanol–water partition coefficient (Wildman–Crippen LogP) is 21.4. The lowest BCUT2D eigenvalue weighted by Crippen LogP contribution is -2.64. The van der Waals surface area contributed by atoms with Gasteiger partial charge in [0.25, 0.3) is 0 Å². The van der Waals surface area contributed by atoms with E-state index >= 15 is 0 Å². The van der Waals surface area contributed by atoms with Crippen molar-refractivity contribution in [2.24, 2.45) is 0 Å². The van der Waals surface area contributed by atoms with Crippen LogP contribution in [-0.4, -0.2) is 164 Å². The summed E-state index contributed by atoms with van der Waals surface area (Å²) in [5.74, 6) is -1.22. The van der Waals surface area contributed by atoms with E-state index in [0.717, 1.165) is 81.8 Å². The van der Waals surface area contributed by atoms with Crippen LogP contribution in [0.4, 0.5) is 0 Å². The molecule has 0 spiro atoms. The molecule has 0 bridgehead atoms. The highest BCUT2D eigenvalue weighted by Crippen LogP contribution is 2.28. The summed E-state index contributed by atoms with van der Waals surface area (Å²) in [5.41, 5.74) is -5.09. The highest BCUT2D eigenvalue weighted by atomic mass is 28.4. The molecular weight excluding hydrogens is 1360 g/mol. The number of rotatable bonds is 88. The molecule has 0 aliphatic rings. The van der Waals surface area contributed by atoms with Crippen LogP contribution >= 0.6 is 0 Å². The van der Waals surface area contributed by atoms with Crippen molar-refractivity contribution in [1.29, 1.82) is 0 Å². The monoisotopic (exact) mass is 1540 g/mol. The molecule has 0 rings (SSSR count). The molecule has 0 unspecified atom stereocenters. The maximum absolute atomic E-state index is 13.9. The fourth-order valence-corrected chi connectivity index (χ4v) is 18.1. The number of amides is 3. The lowest BCUT2D eigenvalue weighted by molar-refractivity contribution is -0.910. The first-order chi connectivity index (χ1) is 52.1. The van der Waals surface area contributed by atoms with Crippen molar-refractivity contribution < 1.29 is 62.8 Å². The highest BCUT2D eigenvalue weighted by Gasteiger charge is 2.49. The number of quaternary nitrogens is 1. The number of nitrogens with one attached hydrogen (secondary N) is 3. The summed E-state index contributed by atoms with van der Waals surface area (Å²) in [6.07, 6.45) is 78.4. The lowest BCUT2D eigenvalue weighted by atomic mass is 10.0. The van der Waals surface area contributed by atoms with E-state index in [0.29, 0.717) is 25.8 Å². The third-order valence-electron chi connectivity index (χ3n) is 23.1. The first-order valence-electron chi connectivity index (χ1n) is 46.5. The normalized spacial score (nSPS) is 12.4. The Kier molecular flexibility index (Phi) is 74.3. The summed E-state index contributed by atoms with van der Waals surface area (Å²) < 4.78 is 21.6. The maximum Gasteiger partial charge on any atom is 0.501 e. The van der Waals surface area contributed by atoms with Crippen molar-refractivity contribution in [3.8, 4) is 0 Å².